The summed E-state index contributed by atoms with van der Waals surface area (Å²) >= 11 is 0. The maximum Gasteiger partial charge on any atom is 0.251 e. The number of hydrogen-bond acceptors (Lipinski definition) is 6. The number of hydrogen-bond donors (Lipinski definition) is 5. The lowest BCUT2D eigenvalue weighted by atomic mass is 10.0. The van der Waals surface area contributed by atoms with E-state index in [0.717, 1.165) is 0 Å². The van der Waals surface area contributed by atoms with Crippen LogP contribution in [0, 0.1) is 0 Å². The third-order valence-electron chi connectivity index (χ3n) is 3.21. The summed E-state index contributed by atoms with van der Waals surface area (Å²) in [6.07, 6.45) is -5.27. The number of benzene rings is 1. The van der Waals surface area contributed by atoms with Crippen LogP contribution < -0.4 is 5.32 Å². The fourth-order valence-electron chi connectivity index (χ4n) is 2.10. The molecule has 0 radical (unpaired) electrons. The number of amides is 1. The van der Waals surface area contributed by atoms with Crippen LogP contribution in [0.1, 0.15) is 10.4 Å². The highest BCUT2D eigenvalue weighted by Gasteiger charge is 2.46. The Labute approximate surface area is 115 Å². The summed E-state index contributed by atoms with van der Waals surface area (Å²) in [7, 11) is 0. The van der Waals surface area contributed by atoms with Crippen LogP contribution in [0.3, 0.4) is 0 Å². The maximum atomic E-state index is 11.9. The van der Waals surface area contributed by atoms with Crippen molar-refractivity contribution < 1.29 is 30.0 Å². The second-order valence-electron chi connectivity index (χ2n) is 4.60. The molecule has 1 saturated heterocycles. The van der Waals surface area contributed by atoms with Crippen molar-refractivity contribution in [2.45, 2.75) is 30.6 Å². The molecule has 0 aromatic heterocycles. The molecule has 1 aliphatic rings. The van der Waals surface area contributed by atoms with E-state index in [-0.39, 0.29) is 0 Å². The van der Waals surface area contributed by atoms with Crippen molar-refractivity contribution in [1.82, 2.24) is 5.32 Å². The average Bonchev–Trinajstić information content (AvgIpc) is 2.75. The third kappa shape index (κ3) is 2.97. The van der Waals surface area contributed by atoms with Crippen LogP contribution >= 0.6 is 0 Å². The minimum atomic E-state index is -1.45. The van der Waals surface area contributed by atoms with Gasteiger partial charge in [-0.05, 0) is 12.1 Å². The Kier molecular flexibility index (Phi) is 4.69. The molecule has 5 atom stereocenters. The van der Waals surface area contributed by atoms with Crippen molar-refractivity contribution in [1.29, 1.82) is 0 Å². The number of aliphatic hydroxyl groups is 4. The lowest BCUT2D eigenvalue weighted by Crippen LogP contribution is -2.49. The zero-order valence-electron chi connectivity index (χ0n) is 10.6. The van der Waals surface area contributed by atoms with E-state index in [4.69, 9.17) is 9.84 Å². The Morgan fingerprint density at radius 1 is 1.30 bits per heavy atom. The number of rotatable bonds is 4. The van der Waals surface area contributed by atoms with Gasteiger partial charge in [0.25, 0.3) is 5.91 Å². The first-order chi connectivity index (χ1) is 9.54. The largest absolute Gasteiger partial charge is 0.394 e. The number of carbonyl (C=O) groups is 1. The Bertz CT molecular complexity index is 453. The van der Waals surface area contributed by atoms with Crippen molar-refractivity contribution in [3.63, 3.8) is 0 Å². The van der Waals surface area contributed by atoms with E-state index < -0.39 is 43.2 Å². The van der Waals surface area contributed by atoms with Gasteiger partial charge in [-0.25, -0.2) is 0 Å². The third-order valence-corrected chi connectivity index (χ3v) is 3.21. The fourth-order valence-corrected chi connectivity index (χ4v) is 2.10. The Balaban J connectivity index is 2.04. The first-order valence-electron chi connectivity index (χ1n) is 6.21. The molecule has 0 bridgehead atoms. The molecule has 1 aromatic carbocycles. The molecule has 2 rings (SSSR count). The minimum Gasteiger partial charge on any atom is -0.394 e. The molecule has 1 aliphatic heterocycles. The number of ether oxygens (including phenoxy) is 1. The molecule has 5 N–H and O–H groups in total. The van der Waals surface area contributed by atoms with Gasteiger partial charge in [0.05, 0.1) is 6.61 Å². The van der Waals surface area contributed by atoms with Crippen molar-refractivity contribution in [2.75, 3.05) is 6.61 Å². The van der Waals surface area contributed by atoms with Crippen LogP contribution in [0.15, 0.2) is 30.3 Å². The Morgan fingerprint density at radius 3 is 2.55 bits per heavy atom. The highest BCUT2D eigenvalue weighted by atomic mass is 16.6. The summed E-state index contributed by atoms with van der Waals surface area (Å²) < 4.78 is 4.96. The predicted octanol–water partition coefficient (Wildman–Crippen LogP) is -1.78. The van der Waals surface area contributed by atoms with Crippen LogP contribution in [0.25, 0.3) is 0 Å². The molecule has 110 valence electrons. The van der Waals surface area contributed by atoms with Crippen LogP contribution in [0.5, 0.6) is 0 Å². The maximum absolute atomic E-state index is 11.9. The van der Waals surface area contributed by atoms with Crippen molar-refractivity contribution in [3.05, 3.63) is 35.9 Å². The highest BCUT2D eigenvalue weighted by molar-refractivity contribution is 5.94. The monoisotopic (exact) mass is 283 g/mol. The molecule has 1 aromatic rings. The van der Waals surface area contributed by atoms with E-state index in [2.05, 4.69) is 5.32 Å². The van der Waals surface area contributed by atoms with Crippen molar-refractivity contribution >= 4 is 5.91 Å². The van der Waals surface area contributed by atoms with Crippen molar-refractivity contribution in [2.24, 2.45) is 0 Å². The summed E-state index contributed by atoms with van der Waals surface area (Å²) in [4.78, 5) is 11.9. The van der Waals surface area contributed by atoms with Gasteiger partial charge in [-0.2, -0.15) is 0 Å². The van der Waals surface area contributed by atoms with Gasteiger partial charge in [-0.3, -0.25) is 4.79 Å². The standard InChI is InChI=1S/C13H17NO6/c15-6-8(16)11-10(17)9(13(19)20-11)14-12(18)7-4-2-1-3-5-7/h1-5,8-11,13,15-17,19H,6H2,(H,14,18). The molecule has 5 unspecified atom stereocenters. The first kappa shape index (κ1) is 14.9. The Hall–Kier alpha value is -1.51. The van der Waals surface area contributed by atoms with Crippen LogP contribution in [0.4, 0.5) is 0 Å². The summed E-state index contributed by atoms with van der Waals surface area (Å²) in [5.41, 5.74) is 0.373. The molecule has 7 nitrogen and oxygen atoms in total. The zero-order chi connectivity index (χ0) is 14.7. The lowest BCUT2D eigenvalue weighted by molar-refractivity contribution is -0.139. The fraction of sp³-hybridized carbons (Fsp3) is 0.462. The van der Waals surface area contributed by atoms with Gasteiger partial charge in [-0.1, -0.05) is 18.2 Å². The average molecular weight is 283 g/mol. The van der Waals surface area contributed by atoms with E-state index in [9.17, 15) is 20.1 Å². The van der Waals surface area contributed by atoms with E-state index in [1.807, 2.05) is 0 Å². The Morgan fingerprint density at radius 2 is 1.95 bits per heavy atom. The molecule has 1 fully saturated rings. The van der Waals surface area contributed by atoms with Gasteiger partial charge < -0.3 is 30.5 Å². The molecule has 0 spiro atoms. The molecule has 1 heterocycles. The predicted molar refractivity (Wildman–Crippen MR) is 67.7 cm³/mol. The van der Waals surface area contributed by atoms with Crippen LogP contribution in [-0.4, -0.2) is 63.6 Å². The molecule has 0 saturated carbocycles. The van der Waals surface area contributed by atoms with Gasteiger partial charge in [0.1, 0.15) is 24.4 Å². The van der Waals surface area contributed by atoms with Gasteiger partial charge in [0, 0.05) is 5.56 Å². The van der Waals surface area contributed by atoms with E-state index in [0.29, 0.717) is 5.56 Å². The smallest absolute Gasteiger partial charge is 0.251 e. The normalized spacial score (nSPS) is 31.0. The summed E-state index contributed by atoms with van der Waals surface area (Å²) in [5.74, 6) is -0.476. The molecule has 7 heteroatoms. The summed E-state index contributed by atoms with van der Waals surface area (Å²) in [6, 6.07) is 7.23. The van der Waals surface area contributed by atoms with Gasteiger partial charge in [0.15, 0.2) is 6.29 Å². The second-order valence-corrected chi connectivity index (χ2v) is 4.60. The SMILES string of the molecule is O=C(NC1C(O)OC(C(O)CO)C1O)c1ccccc1. The van der Waals surface area contributed by atoms with E-state index in [1.54, 1.807) is 30.3 Å². The number of nitrogens with one attached hydrogen (secondary N) is 1. The first-order valence-corrected chi connectivity index (χ1v) is 6.21. The molecular formula is C13H17NO6. The summed E-state index contributed by atoms with van der Waals surface area (Å²) in [6.45, 7) is -0.617. The molecule has 0 aliphatic carbocycles. The van der Waals surface area contributed by atoms with Crippen LogP contribution in [0.2, 0.25) is 0 Å². The van der Waals surface area contributed by atoms with Gasteiger partial charge >= 0.3 is 0 Å². The van der Waals surface area contributed by atoms with Crippen molar-refractivity contribution in [3.8, 4) is 0 Å². The molecule has 20 heavy (non-hydrogen) atoms. The van der Waals surface area contributed by atoms with Crippen LogP contribution in [-0.2, 0) is 4.74 Å². The second kappa shape index (κ2) is 6.29. The van der Waals surface area contributed by atoms with Gasteiger partial charge in [-0.15, -0.1) is 0 Å². The highest BCUT2D eigenvalue weighted by Crippen LogP contribution is 2.22. The summed E-state index contributed by atoms with van der Waals surface area (Å²) in [5, 5.41) is 40.4. The minimum absolute atomic E-state index is 0.373. The topological polar surface area (TPSA) is 119 Å². The van der Waals surface area contributed by atoms with E-state index >= 15 is 0 Å². The molecular weight excluding hydrogens is 266 g/mol. The molecule has 1 amide bonds. The van der Waals surface area contributed by atoms with E-state index in [1.165, 1.54) is 0 Å². The lowest BCUT2D eigenvalue weighted by Gasteiger charge is -2.21. The quantitative estimate of drug-likeness (QED) is 0.445. The van der Waals surface area contributed by atoms with Gasteiger partial charge in [0.2, 0.25) is 0 Å². The zero-order valence-corrected chi connectivity index (χ0v) is 10.6. The number of aliphatic hydroxyl groups excluding tert-OH is 4. The number of carbonyl (C=O) groups excluding carboxylic acids is 1.